The summed E-state index contributed by atoms with van der Waals surface area (Å²) >= 11 is 3.44. The molecule has 30 heavy (non-hydrogen) atoms. The highest BCUT2D eigenvalue weighted by Gasteiger charge is 2.34. The number of rotatable bonds is 10. The molecule has 0 aromatic heterocycles. The van der Waals surface area contributed by atoms with Crippen LogP contribution in [0.25, 0.3) is 0 Å². The second kappa shape index (κ2) is 11.9. The molecule has 2 atom stereocenters. The molecule has 0 aliphatic carbocycles. The largest absolute Gasteiger partial charge is 0.453 e. The van der Waals surface area contributed by atoms with Crippen molar-refractivity contribution in [3.63, 3.8) is 0 Å². The quantitative estimate of drug-likeness (QED) is 0.300. The number of nitrogens with zero attached hydrogens (tertiary/aromatic N) is 1. The van der Waals surface area contributed by atoms with Crippen molar-refractivity contribution in [3.8, 4) is 0 Å². The first kappa shape index (κ1) is 25.9. The molecule has 0 aliphatic rings. The third kappa shape index (κ3) is 7.29. The van der Waals surface area contributed by atoms with Crippen LogP contribution in [-0.4, -0.2) is 35.4 Å². The second-order valence-corrected chi connectivity index (χ2v) is 8.61. The van der Waals surface area contributed by atoms with Crippen molar-refractivity contribution in [2.45, 2.75) is 52.2 Å². The van der Waals surface area contributed by atoms with Crippen LogP contribution in [0.2, 0.25) is 0 Å². The number of allylic oxidation sites excluding steroid dienone is 3. The number of halogens is 1. The Labute approximate surface area is 189 Å². The molecule has 0 saturated carbocycles. The maximum absolute atomic E-state index is 12.6. The number of carbonyl (C=O) groups excluding carboxylic acids is 1. The summed E-state index contributed by atoms with van der Waals surface area (Å²) in [5.74, 6) is 0. The Kier molecular flexibility index (Phi) is 10.3. The molecule has 1 aromatic carbocycles. The van der Waals surface area contributed by atoms with Crippen LogP contribution in [0.1, 0.15) is 52.1 Å². The first-order valence-electron chi connectivity index (χ1n) is 10.0. The minimum absolute atomic E-state index is 0.215. The lowest BCUT2D eigenvalue weighted by Crippen LogP contribution is -2.41. The van der Waals surface area contributed by atoms with Crippen LogP contribution in [-0.2, 0) is 4.74 Å². The van der Waals surface area contributed by atoms with E-state index in [1.165, 1.54) is 7.11 Å². The van der Waals surface area contributed by atoms with Gasteiger partial charge in [-0.15, -0.1) is 6.58 Å². The zero-order valence-corrected chi connectivity index (χ0v) is 20.3. The van der Waals surface area contributed by atoms with Gasteiger partial charge in [0, 0.05) is 17.4 Å². The van der Waals surface area contributed by atoms with Crippen molar-refractivity contribution in [3.05, 3.63) is 82.4 Å². The Hall–Kier alpha value is -2.11. The summed E-state index contributed by atoms with van der Waals surface area (Å²) < 4.78 is 6.00. The molecule has 1 aromatic rings. The summed E-state index contributed by atoms with van der Waals surface area (Å²) in [7, 11) is 1.37. The molecule has 1 rings (SSSR count). The summed E-state index contributed by atoms with van der Waals surface area (Å²) in [5, 5.41) is 11.6. The van der Waals surface area contributed by atoms with Crippen molar-refractivity contribution in [1.29, 1.82) is 0 Å². The molecule has 0 fully saturated rings. The molecule has 0 heterocycles. The lowest BCUT2D eigenvalue weighted by Gasteiger charge is -2.36. The summed E-state index contributed by atoms with van der Waals surface area (Å²) in [6, 6.07) is 7.61. The highest BCUT2D eigenvalue weighted by Crippen LogP contribution is 2.34. The van der Waals surface area contributed by atoms with Gasteiger partial charge in [-0.25, -0.2) is 4.79 Å². The number of ether oxygens (including phenoxy) is 1. The van der Waals surface area contributed by atoms with E-state index in [1.54, 1.807) is 4.90 Å². The van der Waals surface area contributed by atoms with Gasteiger partial charge < -0.3 is 14.7 Å². The van der Waals surface area contributed by atoms with Gasteiger partial charge in [0.1, 0.15) is 0 Å². The van der Waals surface area contributed by atoms with Crippen LogP contribution < -0.4 is 0 Å². The fourth-order valence-electron chi connectivity index (χ4n) is 3.49. The minimum Gasteiger partial charge on any atom is -0.453 e. The monoisotopic (exact) mass is 475 g/mol. The third-order valence-corrected chi connectivity index (χ3v) is 5.53. The molecule has 0 spiro atoms. The second-order valence-electron chi connectivity index (χ2n) is 7.69. The van der Waals surface area contributed by atoms with Gasteiger partial charge in [-0.2, -0.15) is 0 Å². The highest BCUT2D eigenvalue weighted by molar-refractivity contribution is 9.10. The lowest BCUT2D eigenvalue weighted by atomic mass is 9.81. The standard InChI is InChI=1S/C25H34BrNO3/c1-8-9-10-23(19(4)5)25(29,17-18(2)3)15-16-27(24(28)30-7)20(6)21-11-13-22(26)14-12-21/h8-14,20,29H,2,4,15-17H2,1,3,5-7H3. The average molecular weight is 476 g/mol. The van der Waals surface area contributed by atoms with Gasteiger partial charge in [0.05, 0.1) is 18.8 Å². The zero-order valence-electron chi connectivity index (χ0n) is 18.7. The van der Waals surface area contributed by atoms with Gasteiger partial charge >= 0.3 is 6.09 Å². The predicted molar refractivity (Wildman–Crippen MR) is 128 cm³/mol. The number of carbonyl (C=O) groups is 1. The van der Waals surface area contributed by atoms with Crippen LogP contribution in [0, 0.1) is 0 Å². The first-order valence-corrected chi connectivity index (χ1v) is 10.8. The fourth-order valence-corrected chi connectivity index (χ4v) is 3.76. The molecule has 4 nitrogen and oxygen atoms in total. The Morgan fingerprint density at radius 3 is 2.37 bits per heavy atom. The molecule has 0 saturated heterocycles. The van der Waals surface area contributed by atoms with Crippen LogP contribution >= 0.6 is 15.9 Å². The summed E-state index contributed by atoms with van der Waals surface area (Å²) in [5.41, 5.74) is 2.17. The number of amides is 1. The van der Waals surface area contributed by atoms with Crippen LogP contribution in [0.5, 0.6) is 0 Å². The maximum atomic E-state index is 12.6. The van der Waals surface area contributed by atoms with Gasteiger partial charge in [-0.3, -0.25) is 0 Å². The van der Waals surface area contributed by atoms with Crippen molar-refractivity contribution in [2.75, 3.05) is 13.7 Å². The lowest BCUT2D eigenvalue weighted by molar-refractivity contribution is 0.0493. The van der Waals surface area contributed by atoms with E-state index in [2.05, 4.69) is 29.1 Å². The van der Waals surface area contributed by atoms with E-state index < -0.39 is 11.7 Å². The highest BCUT2D eigenvalue weighted by atomic mass is 79.9. The molecule has 0 radical (unpaired) electrons. The topological polar surface area (TPSA) is 49.8 Å². The molecule has 0 aliphatic heterocycles. The number of benzene rings is 1. The van der Waals surface area contributed by atoms with Gasteiger partial charge in [-0.1, -0.05) is 64.0 Å². The summed E-state index contributed by atoms with van der Waals surface area (Å²) in [6.45, 7) is 16.0. The normalized spacial score (nSPS) is 14.8. The van der Waals surface area contributed by atoms with Crippen molar-refractivity contribution < 1.29 is 14.6 Å². The molecule has 164 valence electrons. The van der Waals surface area contributed by atoms with E-state index >= 15 is 0 Å². The van der Waals surface area contributed by atoms with Crippen LogP contribution in [0.3, 0.4) is 0 Å². The van der Waals surface area contributed by atoms with Crippen molar-refractivity contribution in [1.82, 2.24) is 4.90 Å². The van der Waals surface area contributed by atoms with Gasteiger partial charge in [0.2, 0.25) is 0 Å². The average Bonchev–Trinajstić information content (AvgIpc) is 2.67. The van der Waals surface area contributed by atoms with E-state index in [1.807, 2.05) is 70.2 Å². The first-order chi connectivity index (χ1) is 14.1. The Morgan fingerprint density at radius 2 is 1.90 bits per heavy atom. The van der Waals surface area contributed by atoms with E-state index in [0.717, 1.165) is 26.8 Å². The van der Waals surface area contributed by atoms with Crippen LogP contribution in [0.4, 0.5) is 4.79 Å². The van der Waals surface area contributed by atoms with E-state index in [4.69, 9.17) is 4.74 Å². The smallest absolute Gasteiger partial charge is 0.409 e. The molecular weight excluding hydrogens is 442 g/mol. The molecule has 0 bridgehead atoms. The Balaban J connectivity index is 3.25. The maximum Gasteiger partial charge on any atom is 0.409 e. The van der Waals surface area contributed by atoms with Gasteiger partial charge in [-0.05, 0) is 57.4 Å². The van der Waals surface area contributed by atoms with Crippen LogP contribution in [0.15, 0.2) is 76.8 Å². The number of methoxy groups -OCH3 is 1. The zero-order chi connectivity index (χ0) is 22.9. The predicted octanol–water partition coefficient (Wildman–Crippen LogP) is 6.74. The SMILES string of the molecule is C=C(C)CC(O)(CCN(C(=O)OC)C(C)c1ccc(Br)cc1)C(=CC=CC)C(=C)C. The third-order valence-electron chi connectivity index (χ3n) is 5.01. The van der Waals surface area contributed by atoms with Gasteiger partial charge in [0.25, 0.3) is 0 Å². The number of hydrogen-bond acceptors (Lipinski definition) is 3. The van der Waals surface area contributed by atoms with Crippen molar-refractivity contribution in [2.24, 2.45) is 0 Å². The molecular formula is C25H34BrNO3. The molecule has 1 amide bonds. The minimum atomic E-state index is -1.19. The Morgan fingerprint density at radius 1 is 1.30 bits per heavy atom. The summed E-state index contributed by atoms with van der Waals surface area (Å²) in [6.07, 6.45) is 5.94. The van der Waals surface area contributed by atoms with E-state index in [9.17, 15) is 9.90 Å². The van der Waals surface area contributed by atoms with Crippen molar-refractivity contribution >= 4 is 22.0 Å². The fraction of sp³-hybridized carbons (Fsp3) is 0.400. The molecule has 5 heteroatoms. The molecule has 2 unspecified atom stereocenters. The number of aliphatic hydroxyl groups is 1. The Bertz CT molecular complexity index is 810. The number of hydrogen-bond donors (Lipinski definition) is 1. The van der Waals surface area contributed by atoms with E-state index in [-0.39, 0.29) is 6.04 Å². The molecule has 1 N–H and O–H groups in total. The summed E-state index contributed by atoms with van der Waals surface area (Å²) in [4.78, 5) is 14.2. The van der Waals surface area contributed by atoms with Gasteiger partial charge in [0.15, 0.2) is 0 Å². The van der Waals surface area contributed by atoms with E-state index in [0.29, 0.717) is 19.4 Å².